The van der Waals surface area contributed by atoms with Crippen molar-refractivity contribution in [3.63, 3.8) is 0 Å². The van der Waals surface area contributed by atoms with Crippen LogP contribution in [0.25, 0.3) is 10.9 Å². The number of methoxy groups -OCH3 is 1. The van der Waals surface area contributed by atoms with Gasteiger partial charge in [0.2, 0.25) is 0 Å². The summed E-state index contributed by atoms with van der Waals surface area (Å²) in [6.45, 7) is 0.110. The summed E-state index contributed by atoms with van der Waals surface area (Å²) in [7, 11) is -2.66. The Kier molecular flexibility index (Phi) is 6.56. The molecule has 2 aromatic heterocycles. The number of benzene rings is 2. The molecule has 0 atom stereocenters. The van der Waals surface area contributed by atoms with Crippen LogP contribution in [0.3, 0.4) is 0 Å². The van der Waals surface area contributed by atoms with Crippen molar-refractivity contribution in [3.05, 3.63) is 95.1 Å². The maximum atomic E-state index is 13.3. The summed E-state index contributed by atoms with van der Waals surface area (Å²) in [5.74, 6) is -1.15. The van der Waals surface area contributed by atoms with Gasteiger partial charge in [-0.25, -0.2) is 22.6 Å². The van der Waals surface area contributed by atoms with E-state index in [9.17, 15) is 17.6 Å². The molecule has 0 aliphatic rings. The third kappa shape index (κ3) is 5.04. The summed E-state index contributed by atoms with van der Waals surface area (Å²) in [5, 5.41) is -0.0822. The van der Waals surface area contributed by atoms with Crippen molar-refractivity contribution in [2.24, 2.45) is 0 Å². The zero-order valence-electron chi connectivity index (χ0n) is 18.5. The van der Waals surface area contributed by atoms with Gasteiger partial charge in [0.15, 0.2) is 26.3 Å². The molecule has 0 radical (unpaired) electrons. The zero-order chi connectivity index (χ0) is 24.3. The smallest absolute Gasteiger partial charge is 0.360 e. The van der Waals surface area contributed by atoms with Crippen molar-refractivity contribution in [2.75, 3.05) is 13.4 Å². The van der Waals surface area contributed by atoms with Gasteiger partial charge in [0, 0.05) is 17.8 Å². The first-order valence-corrected chi connectivity index (χ1v) is 12.2. The highest BCUT2D eigenvalue weighted by Gasteiger charge is 2.26. The minimum atomic E-state index is -3.84. The fourth-order valence-electron chi connectivity index (χ4n) is 3.50. The van der Waals surface area contributed by atoms with Crippen molar-refractivity contribution in [3.8, 4) is 5.75 Å². The molecule has 174 valence electrons. The van der Waals surface area contributed by atoms with Crippen LogP contribution in [-0.2, 0) is 27.6 Å². The fourth-order valence-corrected chi connectivity index (χ4v) is 4.31. The fraction of sp³-hybridized carbons (Fsp3) is 0.160. The van der Waals surface area contributed by atoms with Gasteiger partial charge in [-0.3, -0.25) is 4.98 Å². The number of esters is 1. The monoisotopic (exact) mass is 480 g/mol. The van der Waals surface area contributed by atoms with Gasteiger partial charge in [-0.05, 0) is 41.3 Å². The quantitative estimate of drug-likeness (QED) is 0.367. The molecule has 0 N–H and O–H groups in total. The van der Waals surface area contributed by atoms with Gasteiger partial charge in [0.25, 0.3) is 0 Å². The highest BCUT2D eigenvalue weighted by Crippen LogP contribution is 2.33. The minimum Gasteiger partial charge on any atom is -0.484 e. The Morgan fingerprint density at radius 1 is 1.00 bits per heavy atom. The molecule has 0 unspecified atom stereocenters. The molecule has 2 aromatic carbocycles. The largest absolute Gasteiger partial charge is 0.484 e. The number of halogens is 1. The normalized spacial score (nSPS) is 11.4. The number of ether oxygens (including phenoxy) is 2. The van der Waals surface area contributed by atoms with E-state index in [-0.39, 0.29) is 39.8 Å². The van der Waals surface area contributed by atoms with Crippen LogP contribution in [0, 0.1) is 5.82 Å². The van der Waals surface area contributed by atoms with E-state index < -0.39 is 15.8 Å². The maximum Gasteiger partial charge on any atom is 0.360 e. The maximum absolute atomic E-state index is 13.3. The molecule has 4 aromatic rings. The number of hydrogen-bond acceptors (Lipinski definition) is 7. The van der Waals surface area contributed by atoms with Gasteiger partial charge >= 0.3 is 5.97 Å². The summed E-state index contributed by atoms with van der Waals surface area (Å²) in [4.78, 5) is 21.1. The van der Waals surface area contributed by atoms with E-state index in [1.165, 1.54) is 19.2 Å². The Labute approximate surface area is 196 Å². The Morgan fingerprint density at radius 3 is 2.35 bits per heavy atom. The zero-order valence-corrected chi connectivity index (χ0v) is 19.3. The second kappa shape index (κ2) is 9.56. The predicted octanol–water partition coefficient (Wildman–Crippen LogP) is 4.13. The van der Waals surface area contributed by atoms with Crippen LogP contribution in [0.5, 0.6) is 5.75 Å². The van der Waals surface area contributed by atoms with Crippen molar-refractivity contribution in [1.82, 2.24) is 9.97 Å². The summed E-state index contributed by atoms with van der Waals surface area (Å²) in [6, 6.07) is 16.9. The lowest BCUT2D eigenvalue weighted by Crippen LogP contribution is -2.14. The second-order valence-electron chi connectivity index (χ2n) is 7.68. The van der Waals surface area contributed by atoms with E-state index in [2.05, 4.69) is 9.97 Å². The lowest BCUT2D eigenvalue weighted by molar-refractivity contribution is 0.0588. The topological polar surface area (TPSA) is 95.5 Å². The molecule has 34 heavy (non-hydrogen) atoms. The SMILES string of the molecule is COC(=O)c1nc(S(C)(=O)=O)c2cc(Cc3ccc(F)cc3)cnc2c1OCc1ccccc1. The van der Waals surface area contributed by atoms with E-state index in [0.717, 1.165) is 17.4 Å². The van der Waals surface area contributed by atoms with E-state index in [0.29, 0.717) is 12.0 Å². The van der Waals surface area contributed by atoms with E-state index in [1.807, 2.05) is 30.3 Å². The van der Waals surface area contributed by atoms with Crippen LogP contribution in [0.4, 0.5) is 4.39 Å². The summed E-state index contributed by atoms with van der Waals surface area (Å²) < 4.78 is 49.2. The molecule has 0 aliphatic carbocycles. The van der Waals surface area contributed by atoms with Crippen molar-refractivity contribution in [1.29, 1.82) is 0 Å². The minimum absolute atomic E-state index is 0.0337. The molecular formula is C25H21FN2O5S. The van der Waals surface area contributed by atoms with Crippen LogP contribution in [0.15, 0.2) is 71.9 Å². The first kappa shape index (κ1) is 23.3. The standard InChI is InChI=1S/C25H21FN2O5S/c1-32-25(29)22-23(33-15-17-6-4-3-5-7-17)21-20(24(28-22)34(2,30)31)13-18(14-27-21)12-16-8-10-19(26)11-9-16/h3-11,13-14H,12,15H2,1-2H3. The number of fused-ring (bicyclic) bond motifs is 1. The number of rotatable bonds is 7. The lowest BCUT2D eigenvalue weighted by Gasteiger charge is -2.15. The number of carbonyl (C=O) groups excluding carboxylic acids is 1. The highest BCUT2D eigenvalue weighted by atomic mass is 32.2. The van der Waals surface area contributed by atoms with Gasteiger partial charge < -0.3 is 9.47 Å². The van der Waals surface area contributed by atoms with Crippen LogP contribution >= 0.6 is 0 Å². The first-order chi connectivity index (χ1) is 16.3. The number of hydrogen-bond donors (Lipinski definition) is 0. The number of aromatic nitrogens is 2. The lowest BCUT2D eigenvalue weighted by atomic mass is 10.0. The Hall–Kier alpha value is -3.85. The van der Waals surface area contributed by atoms with Gasteiger partial charge in [-0.15, -0.1) is 0 Å². The van der Waals surface area contributed by atoms with Gasteiger partial charge in [-0.1, -0.05) is 42.5 Å². The molecule has 0 aliphatic heterocycles. The third-order valence-corrected chi connectivity index (χ3v) is 6.11. The van der Waals surface area contributed by atoms with Crippen molar-refractivity contribution in [2.45, 2.75) is 18.1 Å². The number of pyridine rings is 2. The number of sulfone groups is 1. The highest BCUT2D eigenvalue weighted by molar-refractivity contribution is 7.90. The van der Waals surface area contributed by atoms with Crippen LogP contribution in [0.1, 0.15) is 27.2 Å². The van der Waals surface area contributed by atoms with Crippen molar-refractivity contribution >= 4 is 26.7 Å². The van der Waals surface area contributed by atoms with E-state index in [1.54, 1.807) is 24.4 Å². The second-order valence-corrected chi connectivity index (χ2v) is 9.61. The third-order valence-electron chi connectivity index (χ3n) is 5.10. The molecule has 0 saturated heterocycles. The number of carbonyl (C=O) groups is 1. The molecule has 0 spiro atoms. The summed E-state index contributed by atoms with van der Waals surface area (Å²) in [5.41, 5.74) is 2.25. The summed E-state index contributed by atoms with van der Waals surface area (Å²) >= 11 is 0. The van der Waals surface area contributed by atoms with Crippen LogP contribution in [0.2, 0.25) is 0 Å². The average molecular weight is 481 g/mol. The molecule has 0 amide bonds. The van der Waals surface area contributed by atoms with Gasteiger partial charge in [-0.2, -0.15) is 0 Å². The van der Waals surface area contributed by atoms with E-state index in [4.69, 9.17) is 9.47 Å². The Balaban J connectivity index is 1.87. The van der Waals surface area contributed by atoms with Gasteiger partial charge in [0.1, 0.15) is 17.9 Å². The molecule has 0 saturated carbocycles. The van der Waals surface area contributed by atoms with Gasteiger partial charge in [0.05, 0.1) is 7.11 Å². The number of nitrogens with zero attached hydrogens (tertiary/aromatic N) is 2. The summed E-state index contributed by atoms with van der Waals surface area (Å²) in [6.07, 6.45) is 2.96. The van der Waals surface area contributed by atoms with Crippen LogP contribution < -0.4 is 4.74 Å². The van der Waals surface area contributed by atoms with Crippen molar-refractivity contribution < 1.29 is 27.1 Å². The molecule has 2 heterocycles. The molecule has 0 bridgehead atoms. The van der Waals surface area contributed by atoms with Crippen LogP contribution in [-0.4, -0.2) is 37.7 Å². The molecule has 9 heteroatoms. The molecule has 7 nitrogen and oxygen atoms in total. The van der Waals surface area contributed by atoms with E-state index >= 15 is 0 Å². The predicted molar refractivity (Wildman–Crippen MR) is 124 cm³/mol. The molecular weight excluding hydrogens is 459 g/mol. The Morgan fingerprint density at radius 2 is 1.71 bits per heavy atom. The molecule has 0 fully saturated rings. The molecule has 4 rings (SSSR count). The first-order valence-electron chi connectivity index (χ1n) is 10.3. The Bertz CT molecular complexity index is 1460. The average Bonchev–Trinajstić information content (AvgIpc) is 2.83.